The molecule has 0 saturated heterocycles. The lowest BCUT2D eigenvalue weighted by Crippen LogP contribution is -2.46. The lowest BCUT2D eigenvalue weighted by Gasteiger charge is -2.25. The molecule has 3 N–H and O–H groups in total. The zero-order chi connectivity index (χ0) is 32.2. The van der Waals surface area contributed by atoms with Crippen LogP contribution >= 0.6 is 11.3 Å². The van der Waals surface area contributed by atoms with Crippen LogP contribution in [0.2, 0.25) is 0 Å². The monoisotopic (exact) mass is 624 g/mol. The number of carbonyl (C=O) groups excluding carboxylic acids is 2. The number of carbonyl (C=O) groups is 2. The van der Waals surface area contributed by atoms with Crippen LogP contribution in [0.1, 0.15) is 82.3 Å². The molecule has 0 aliphatic heterocycles. The summed E-state index contributed by atoms with van der Waals surface area (Å²) in [4.78, 5) is 34.0. The minimum atomic E-state index is -0.873. The number of nitrogens with two attached hydrogens (primary N) is 1. The number of nitrogens with zero attached hydrogens (tertiary/aromatic N) is 2. The van der Waals surface area contributed by atoms with Crippen LogP contribution in [-0.2, 0) is 24.1 Å². The molecule has 7 nitrogen and oxygen atoms in total. The standard InChI is InChI=1S/C34H42F2N4O3S/c1-6-9-40(10-7-2)33(41)25-12-23(8-3)13-26(17-25)34(42)43-31(30(37)16-24-14-27(35)18-28(36)15-24)21-38-19-29-20-39-32(44-29)11-22(4)5/h3,12-15,17-18,20,22,30-31,38H,6-7,9-11,16,19,21,37H2,1-2,4-5H3/t30-,31+/m0/s1. The van der Waals surface area contributed by atoms with E-state index in [-0.39, 0.29) is 24.4 Å². The van der Waals surface area contributed by atoms with Gasteiger partial charge in [-0.05, 0) is 61.1 Å². The summed E-state index contributed by atoms with van der Waals surface area (Å²) in [6.07, 6.45) is 9.13. The number of benzene rings is 2. The maximum atomic E-state index is 13.9. The number of amides is 1. The predicted molar refractivity (Wildman–Crippen MR) is 170 cm³/mol. The lowest BCUT2D eigenvalue weighted by molar-refractivity contribution is 0.0238. The highest BCUT2D eigenvalue weighted by molar-refractivity contribution is 7.11. The third kappa shape index (κ3) is 10.5. The Labute approximate surface area is 263 Å². The van der Waals surface area contributed by atoms with Gasteiger partial charge in [-0.2, -0.15) is 0 Å². The van der Waals surface area contributed by atoms with Gasteiger partial charge < -0.3 is 20.7 Å². The van der Waals surface area contributed by atoms with Crippen LogP contribution in [0.3, 0.4) is 0 Å². The van der Waals surface area contributed by atoms with Gasteiger partial charge in [0, 0.05) is 66.9 Å². The fourth-order valence-corrected chi connectivity index (χ4v) is 5.92. The van der Waals surface area contributed by atoms with Crippen molar-refractivity contribution in [2.75, 3.05) is 19.6 Å². The fraction of sp³-hybridized carbons (Fsp3) is 0.441. The minimum absolute atomic E-state index is 0.0600. The van der Waals surface area contributed by atoms with Crippen molar-refractivity contribution in [3.8, 4) is 12.3 Å². The van der Waals surface area contributed by atoms with E-state index in [1.54, 1.807) is 22.3 Å². The number of ether oxygens (including phenoxy) is 1. The molecular formula is C34H42F2N4O3S. The molecule has 0 fully saturated rings. The second kappa shape index (κ2) is 17.0. The molecule has 10 heteroatoms. The molecule has 0 unspecified atom stereocenters. The van der Waals surface area contributed by atoms with Gasteiger partial charge in [0.05, 0.1) is 10.6 Å². The van der Waals surface area contributed by atoms with Crippen molar-refractivity contribution in [2.24, 2.45) is 11.7 Å². The van der Waals surface area contributed by atoms with E-state index in [1.807, 2.05) is 20.0 Å². The Morgan fingerprint density at radius 3 is 2.32 bits per heavy atom. The summed E-state index contributed by atoms with van der Waals surface area (Å²) in [6.45, 7) is 10.1. The average molecular weight is 625 g/mol. The van der Waals surface area contributed by atoms with Gasteiger partial charge in [-0.1, -0.05) is 33.6 Å². The van der Waals surface area contributed by atoms with E-state index in [0.29, 0.717) is 42.2 Å². The maximum Gasteiger partial charge on any atom is 0.338 e. The van der Waals surface area contributed by atoms with E-state index in [9.17, 15) is 18.4 Å². The first-order valence-corrected chi connectivity index (χ1v) is 15.8. The third-order valence-electron chi connectivity index (χ3n) is 6.82. The van der Waals surface area contributed by atoms with Gasteiger partial charge in [0.25, 0.3) is 5.91 Å². The number of nitrogens with one attached hydrogen (secondary N) is 1. The molecule has 2 atom stereocenters. The largest absolute Gasteiger partial charge is 0.456 e. The van der Waals surface area contributed by atoms with Crippen molar-refractivity contribution in [3.05, 3.63) is 86.4 Å². The molecule has 44 heavy (non-hydrogen) atoms. The average Bonchev–Trinajstić information content (AvgIpc) is 3.41. The number of aromatic nitrogens is 1. The first kappa shape index (κ1) is 34.8. The Bertz CT molecular complexity index is 1430. The Kier molecular flexibility index (Phi) is 13.5. The summed E-state index contributed by atoms with van der Waals surface area (Å²) >= 11 is 1.60. The zero-order valence-electron chi connectivity index (χ0n) is 25.9. The summed E-state index contributed by atoms with van der Waals surface area (Å²) in [6, 6.07) is 6.96. The molecule has 0 aliphatic carbocycles. The van der Waals surface area contributed by atoms with Crippen LogP contribution in [0.25, 0.3) is 0 Å². The van der Waals surface area contributed by atoms with Crippen molar-refractivity contribution in [1.82, 2.24) is 15.2 Å². The normalized spacial score (nSPS) is 12.5. The number of halogens is 2. The molecule has 0 bridgehead atoms. The number of rotatable bonds is 16. The highest BCUT2D eigenvalue weighted by Crippen LogP contribution is 2.19. The van der Waals surface area contributed by atoms with Crippen LogP contribution in [0.15, 0.2) is 42.6 Å². The summed E-state index contributed by atoms with van der Waals surface area (Å²) in [5, 5.41) is 4.32. The van der Waals surface area contributed by atoms with Crippen LogP contribution in [0.5, 0.6) is 0 Å². The molecule has 0 aliphatic rings. The topological polar surface area (TPSA) is 97.5 Å². The van der Waals surface area contributed by atoms with E-state index in [0.717, 1.165) is 35.2 Å². The summed E-state index contributed by atoms with van der Waals surface area (Å²) in [7, 11) is 0. The molecule has 1 amide bonds. The zero-order valence-corrected chi connectivity index (χ0v) is 26.7. The van der Waals surface area contributed by atoms with E-state index >= 15 is 0 Å². The van der Waals surface area contributed by atoms with Gasteiger partial charge in [0.15, 0.2) is 0 Å². The van der Waals surface area contributed by atoms with Crippen LogP contribution in [-0.4, -0.2) is 53.5 Å². The number of hydrogen-bond acceptors (Lipinski definition) is 7. The van der Waals surface area contributed by atoms with E-state index < -0.39 is 29.7 Å². The maximum absolute atomic E-state index is 13.9. The number of thiazole rings is 1. The molecule has 1 heterocycles. The highest BCUT2D eigenvalue weighted by atomic mass is 32.1. The van der Waals surface area contributed by atoms with Gasteiger partial charge in [-0.15, -0.1) is 17.8 Å². The van der Waals surface area contributed by atoms with Crippen LogP contribution in [0.4, 0.5) is 8.78 Å². The van der Waals surface area contributed by atoms with Crippen LogP contribution in [0, 0.1) is 29.9 Å². The Hall–Kier alpha value is -3.65. The SMILES string of the molecule is C#Cc1cc(C(=O)O[C@H](CNCc2cnc(CC(C)C)s2)[C@@H](N)Cc2cc(F)cc(F)c2)cc(C(=O)N(CCC)CCC)c1. The molecule has 2 aromatic carbocycles. The predicted octanol–water partition coefficient (Wildman–Crippen LogP) is 5.75. The van der Waals surface area contributed by atoms with E-state index in [4.69, 9.17) is 16.9 Å². The Morgan fingerprint density at radius 2 is 1.70 bits per heavy atom. The molecule has 3 rings (SSSR count). The van der Waals surface area contributed by atoms with Gasteiger partial charge in [0.1, 0.15) is 17.7 Å². The van der Waals surface area contributed by atoms with E-state index in [2.05, 4.69) is 30.1 Å². The van der Waals surface area contributed by atoms with Gasteiger partial charge >= 0.3 is 5.97 Å². The molecule has 0 spiro atoms. The summed E-state index contributed by atoms with van der Waals surface area (Å²) in [5.41, 5.74) is 7.61. The van der Waals surface area contributed by atoms with Gasteiger partial charge in [-0.3, -0.25) is 4.79 Å². The van der Waals surface area contributed by atoms with Gasteiger partial charge in [0.2, 0.25) is 0 Å². The second-order valence-corrected chi connectivity index (χ2v) is 12.5. The summed E-state index contributed by atoms with van der Waals surface area (Å²) in [5.74, 6) is 0.638. The first-order chi connectivity index (χ1) is 21.0. The second-order valence-electron chi connectivity index (χ2n) is 11.3. The lowest BCUT2D eigenvalue weighted by atomic mass is 10.0. The van der Waals surface area contributed by atoms with Crippen molar-refractivity contribution < 1.29 is 23.1 Å². The molecule has 0 saturated carbocycles. The van der Waals surface area contributed by atoms with Crippen molar-refractivity contribution >= 4 is 23.2 Å². The quantitative estimate of drug-likeness (QED) is 0.156. The molecule has 1 aromatic heterocycles. The van der Waals surface area contributed by atoms with Crippen molar-refractivity contribution in [2.45, 2.75) is 72.1 Å². The van der Waals surface area contributed by atoms with Gasteiger partial charge in [-0.25, -0.2) is 18.6 Å². The fourth-order valence-electron chi connectivity index (χ4n) is 4.82. The number of terminal acetylenes is 1. The van der Waals surface area contributed by atoms with Crippen molar-refractivity contribution in [1.29, 1.82) is 0 Å². The molecular weight excluding hydrogens is 582 g/mol. The molecule has 3 aromatic rings. The molecule has 236 valence electrons. The number of hydrogen-bond donors (Lipinski definition) is 2. The smallest absolute Gasteiger partial charge is 0.338 e. The Balaban J connectivity index is 1.82. The third-order valence-corrected chi connectivity index (χ3v) is 7.83. The summed E-state index contributed by atoms with van der Waals surface area (Å²) < 4.78 is 33.7. The molecule has 0 radical (unpaired) electrons. The minimum Gasteiger partial charge on any atom is -0.456 e. The Morgan fingerprint density at radius 1 is 1.05 bits per heavy atom. The highest BCUT2D eigenvalue weighted by Gasteiger charge is 2.25. The van der Waals surface area contributed by atoms with Crippen LogP contribution < -0.4 is 11.1 Å². The number of esters is 1. The van der Waals surface area contributed by atoms with E-state index in [1.165, 1.54) is 24.3 Å². The first-order valence-electron chi connectivity index (χ1n) is 15.0. The van der Waals surface area contributed by atoms with Crippen molar-refractivity contribution in [3.63, 3.8) is 0 Å².